The number of hydrogen-bond donors (Lipinski definition) is 0. The first kappa shape index (κ1) is 21.9. The van der Waals surface area contributed by atoms with Gasteiger partial charge in [-0.15, -0.1) is 0 Å². The molecule has 0 aliphatic heterocycles. The predicted molar refractivity (Wildman–Crippen MR) is 153 cm³/mol. The highest BCUT2D eigenvalue weighted by Gasteiger charge is 2.22. The molecule has 0 unspecified atom stereocenters. The standard InChI is InChI=1S/C34H27NO2/c1-20-19-35-28(21-10-9-11-22(16-21)34(2,3)4)18-25(20)26-17-27-23-12-5-7-14-29(23)36-32(27)33-31(26)24-13-6-8-15-30(24)37-33/h5-19H,1-4H3. The van der Waals surface area contributed by atoms with Crippen LogP contribution < -0.4 is 0 Å². The van der Waals surface area contributed by atoms with Crippen molar-refractivity contribution in [2.45, 2.75) is 33.1 Å². The maximum Gasteiger partial charge on any atom is 0.179 e. The van der Waals surface area contributed by atoms with Crippen LogP contribution >= 0.6 is 0 Å². The zero-order valence-corrected chi connectivity index (χ0v) is 21.4. The summed E-state index contributed by atoms with van der Waals surface area (Å²) in [6.45, 7) is 8.85. The van der Waals surface area contributed by atoms with Gasteiger partial charge in [0.15, 0.2) is 11.2 Å². The molecule has 3 heteroatoms. The second-order valence-electron chi connectivity index (χ2n) is 10.9. The highest BCUT2D eigenvalue weighted by atomic mass is 16.4. The minimum atomic E-state index is 0.0682. The van der Waals surface area contributed by atoms with Gasteiger partial charge in [-0.25, -0.2) is 0 Å². The van der Waals surface area contributed by atoms with Gasteiger partial charge >= 0.3 is 0 Å². The van der Waals surface area contributed by atoms with Gasteiger partial charge in [-0.2, -0.15) is 0 Å². The second-order valence-corrected chi connectivity index (χ2v) is 10.9. The Kier molecular flexibility index (Phi) is 4.62. The van der Waals surface area contributed by atoms with Gasteiger partial charge in [0.25, 0.3) is 0 Å². The molecule has 0 saturated heterocycles. The monoisotopic (exact) mass is 481 g/mol. The fourth-order valence-corrected chi connectivity index (χ4v) is 5.40. The smallest absolute Gasteiger partial charge is 0.179 e. The largest absolute Gasteiger partial charge is 0.452 e. The zero-order valence-electron chi connectivity index (χ0n) is 21.4. The lowest BCUT2D eigenvalue weighted by atomic mass is 9.85. The van der Waals surface area contributed by atoms with Crippen LogP contribution in [-0.2, 0) is 5.41 Å². The number of aromatic nitrogens is 1. The number of fused-ring (bicyclic) bond motifs is 7. The Morgan fingerprint density at radius 3 is 2.14 bits per heavy atom. The van der Waals surface area contributed by atoms with Crippen molar-refractivity contribution in [3.63, 3.8) is 0 Å². The molecular weight excluding hydrogens is 454 g/mol. The van der Waals surface area contributed by atoms with E-state index in [0.29, 0.717) is 0 Å². The summed E-state index contributed by atoms with van der Waals surface area (Å²) in [5.74, 6) is 0. The maximum atomic E-state index is 6.46. The molecule has 0 saturated carbocycles. The fourth-order valence-electron chi connectivity index (χ4n) is 5.40. The summed E-state index contributed by atoms with van der Waals surface area (Å²) in [4.78, 5) is 4.85. The van der Waals surface area contributed by atoms with Crippen LogP contribution in [0.15, 0.2) is 100.0 Å². The first-order valence-corrected chi connectivity index (χ1v) is 12.7. The molecule has 0 N–H and O–H groups in total. The summed E-state index contributed by atoms with van der Waals surface area (Å²) in [5.41, 5.74) is 10.2. The lowest BCUT2D eigenvalue weighted by molar-refractivity contribution is 0.590. The summed E-state index contributed by atoms with van der Waals surface area (Å²) in [6, 6.07) is 29.6. The first-order chi connectivity index (χ1) is 17.9. The van der Waals surface area contributed by atoms with Crippen molar-refractivity contribution in [2.75, 3.05) is 0 Å². The third-order valence-electron chi connectivity index (χ3n) is 7.41. The lowest BCUT2D eigenvalue weighted by Crippen LogP contribution is -2.10. The molecule has 0 aliphatic rings. The highest BCUT2D eigenvalue weighted by molar-refractivity contribution is 6.24. The van der Waals surface area contributed by atoms with Gasteiger partial charge in [0, 0.05) is 33.3 Å². The quantitative estimate of drug-likeness (QED) is 0.247. The van der Waals surface area contributed by atoms with Gasteiger partial charge < -0.3 is 8.83 Å². The molecule has 0 bridgehead atoms. The third kappa shape index (κ3) is 3.38. The van der Waals surface area contributed by atoms with E-state index in [-0.39, 0.29) is 5.41 Å². The van der Waals surface area contributed by atoms with Crippen LogP contribution in [0.3, 0.4) is 0 Å². The topological polar surface area (TPSA) is 39.2 Å². The number of para-hydroxylation sites is 2. The highest BCUT2D eigenvalue weighted by Crippen LogP contribution is 2.45. The van der Waals surface area contributed by atoms with Crippen molar-refractivity contribution in [1.29, 1.82) is 0 Å². The molecule has 0 spiro atoms. The Bertz CT molecular complexity index is 1980. The summed E-state index contributed by atoms with van der Waals surface area (Å²) in [5, 5.41) is 4.31. The van der Waals surface area contributed by atoms with Crippen LogP contribution in [-0.4, -0.2) is 4.98 Å². The van der Waals surface area contributed by atoms with E-state index in [1.807, 2.05) is 30.5 Å². The molecule has 0 fully saturated rings. The molecule has 3 aromatic heterocycles. The van der Waals surface area contributed by atoms with E-state index in [0.717, 1.165) is 71.8 Å². The van der Waals surface area contributed by atoms with Crippen molar-refractivity contribution in [3.05, 3.63) is 102 Å². The van der Waals surface area contributed by atoms with Crippen LogP contribution in [0.1, 0.15) is 31.9 Å². The van der Waals surface area contributed by atoms with Crippen molar-refractivity contribution in [2.24, 2.45) is 0 Å². The predicted octanol–water partition coefficient (Wildman–Crippen LogP) is 9.82. The van der Waals surface area contributed by atoms with E-state index in [2.05, 4.69) is 88.4 Å². The number of pyridine rings is 1. The Hall–Kier alpha value is -4.37. The van der Waals surface area contributed by atoms with Crippen LogP contribution in [0.2, 0.25) is 0 Å². The molecule has 3 nitrogen and oxygen atoms in total. The van der Waals surface area contributed by atoms with Gasteiger partial charge in [0.05, 0.1) is 5.69 Å². The molecule has 0 radical (unpaired) electrons. The molecule has 0 atom stereocenters. The first-order valence-electron chi connectivity index (χ1n) is 12.7. The third-order valence-corrected chi connectivity index (χ3v) is 7.41. The SMILES string of the molecule is Cc1cnc(-c2cccc(C(C)(C)C)c2)cc1-c1cc2c3ccccc3oc2c2oc3ccccc3c12. The Balaban J connectivity index is 1.56. The summed E-state index contributed by atoms with van der Waals surface area (Å²) in [7, 11) is 0. The molecule has 4 aromatic carbocycles. The Labute approximate surface area is 215 Å². The molecule has 180 valence electrons. The number of aryl methyl sites for hydroxylation is 1. The molecule has 7 aromatic rings. The van der Waals surface area contributed by atoms with E-state index in [1.54, 1.807) is 0 Å². The number of furan rings is 2. The van der Waals surface area contributed by atoms with Gasteiger partial charge in [-0.1, -0.05) is 75.4 Å². The molecule has 3 heterocycles. The van der Waals surface area contributed by atoms with E-state index >= 15 is 0 Å². The lowest BCUT2D eigenvalue weighted by Gasteiger charge is -2.20. The van der Waals surface area contributed by atoms with Crippen LogP contribution in [0.4, 0.5) is 0 Å². The normalized spacial score (nSPS) is 12.3. The summed E-state index contributed by atoms with van der Waals surface area (Å²) >= 11 is 0. The fraction of sp³-hybridized carbons (Fsp3) is 0.147. The van der Waals surface area contributed by atoms with Gasteiger partial charge in [-0.3, -0.25) is 4.98 Å². The molecule has 37 heavy (non-hydrogen) atoms. The van der Waals surface area contributed by atoms with Crippen LogP contribution in [0.5, 0.6) is 0 Å². The van der Waals surface area contributed by atoms with E-state index in [4.69, 9.17) is 13.8 Å². The molecule has 0 aliphatic carbocycles. The second kappa shape index (κ2) is 7.81. The zero-order chi connectivity index (χ0) is 25.3. The minimum absolute atomic E-state index is 0.0682. The van der Waals surface area contributed by atoms with Crippen LogP contribution in [0.25, 0.3) is 66.3 Å². The molecular formula is C34H27NO2. The van der Waals surface area contributed by atoms with Gasteiger partial charge in [0.2, 0.25) is 0 Å². The van der Waals surface area contributed by atoms with Crippen molar-refractivity contribution in [1.82, 2.24) is 4.98 Å². The van der Waals surface area contributed by atoms with Crippen molar-refractivity contribution >= 4 is 43.9 Å². The average molecular weight is 482 g/mol. The van der Waals surface area contributed by atoms with Gasteiger partial charge in [-0.05, 0) is 64.9 Å². The number of benzene rings is 4. The number of nitrogens with zero attached hydrogens (tertiary/aromatic N) is 1. The summed E-state index contributed by atoms with van der Waals surface area (Å²) in [6.07, 6.45) is 1.99. The van der Waals surface area contributed by atoms with E-state index < -0.39 is 0 Å². The number of hydrogen-bond acceptors (Lipinski definition) is 3. The van der Waals surface area contributed by atoms with Crippen molar-refractivity contribution in [3.8, 4) is 22.4 Å². The van der Waals surface area contributed by atoms with Crippen LogP contribution in [0, 0.1) is 6.92 Å². The average Bonchev–Trinajstić information content (AvgIpc) is 3.47. The Morgan fingerprint density at radius 2 is 1.35 bits per heavy atom. The van der Waals surface area contributed by atoms with Crippen molar-refractivity contribution < 1.29 is 8.83 Å². The number of rotatable bonds is 2. The van der Waals surface area contributed by atoms with E-state index in [9.17, 15) is 0 Å². The molecule has 0 amide bonds. The molecule has 7 rings (SSSR count). The minimum Gasteiger partial charge on any atom is -0.452 e. The maximum absolute atomic E-state index is 6.46. The summed E-state index contributed by atoms with van der Waals surface area (Å²) < 4.78 is 12.8. The van der Waals surface area contributed by atoms with Gasteiger partial charge in [0.1, 0.15) is 11.2 Å². The Morgan fingerprint density at radius 1 is 0.649 bits per heavy atom. The van der Waals surface area contributed by atoms with E-state index in [1.165, 1.54) is 5.56 Å².